The fourth-order valence-corrected chi connectivity index (χ4v) is 3.40. The summed E-state index contributed by atoms with van der Waals surface area (Å²) in [6, 6.07) is 14.3. The van der Waals surface area contributed by atoms with Crippen molar-refractivity contribution in [2.45, 2.75) is 26.6 Å². The van der Waals surface area contributed by atoms with Crippen molar-refractivity contribution in [2.75, 3.05) is 32.7 Å². The van der Waals surface area contributed by atoms with E-state index >= 15 is 0 Å². The van der Waals surface area contributed by atoms with E-state index in [0.717, 1.165) is 54.2 Å². The molecule has 2 N–H and O–H groups in total. The van der Waals surface area contributed by atoms with E-state index in [1.807, 2.05) is 25.1 Å². The predicted molar refractivity (Wildman–Crippen MR) is 101 cm³/mol. The number of β-amino-alcohol motifs (C(OH)–C–C–N with tert-alkyl or cyclic N) is 1. The van der Waals surface area contributed by atoms with Crippen molar-refractivity contribution in [3.8, 4) is 5.75 Å². The third kappa shape index (κ3) is 4.82. The summed E-state index contributed by atoms with van der Waals surface area (Å²) in [7, 11) is 0. The molecular formula is C21H28N2O2. The van der Waals surface area contributed by atoms with Gasteiger partial charge in [-0.15, -0.1) is 0 Å². The summed E-state index contributed by atoms with van der Waals surface area (Å²) in [6.07, 6.45) is -0.539. The van der Waals surface area contributed by atoms with Gasteiger partial charge in [0.05, 0.1) is 6.10 Å². The van der Waals surface area contributed by atoms with Gasteiger partial charge in [-0.05, 0) is 31.0 Å². The van der Waals surface area contributed by atoms with Crippen molar-refractivity contribution in [3.63, 3.8) is 0 Å². The second-order valence-corrected chi connectivity index (χ2v) is 6.84. The number of rotatable bonds is 6. The molecule has 2 aromatic carbocycles. The molecule has 1 unspecified atom stereocenters. The lowest BCUT2D eigenvalue weighted by molar-refractivity contribution is 0.102. The predicted octanol–water partition coefficient (Wildman–Crippen LogP) is 2.82. The molecule has 0 radical (unpaired) electrons. The highest BCUT2D eigenvalue weighted by atomic mass is 16.5. The van der Waals surface area contributed by atoms with E-state index in [4.69, 9.17) is 4.74 Å². The zero-order chi connectivity index (χ0) is 17.6. The van der Waals surface area contributed by atoms with Gasteiger partial charge in [-0.3, -0.25) is 4.90 Å². The molecule has 3 rings (SSSR count). The smallest absolute Gasteiger partial charge is 0.128 e. The average Bonchev–Trinajstić information content (AvgIpc) is 2.62. The average molecular weight is 340 g/mol. The Morgan fingerprint density at radius 1 is 1.12 bits per heavy atom. The van der Waals surface area contributed by atoms with Gasteiger partial charge in [-0.1, -0.05) is 42.0 Å². The van der Waals surface area contributed by atoms with E-state index in [0.29, 0.717) is 13.2 Å². The lowest BCUT2D eigenvalue weighted by atomic mass is 10.0. The SMILES string of the molecule is Cc1cc(C)c(OCc2ccccc2)c(C(O)CN2CCNCC2)c1. The Morgan fingerprint density at radius 2 is 1.84 bits per heavy atom. The molecule has 4 heteroatoms. The molecule has 0 aromatic heterocycles. The van der Waals surface area contributed by atoms with E-state index in [2.05, 4.69) is 41.4 Å². The van der Waals surface area contributed by atoms with Crippen LogP contribution < -0.4 is 10.1 Å². The first kappa shape index (κ1) is 17.9. The summed E-state index contributed by atoms with van der Waals surface area (Å²) in [4.78, 5) is 2.31. The number of hydrogen-bond acceptors (Lipinski definition) is 4. The quantitative estimate of drug-likeness (QED) is 0.849. The number of hydrogen-bond donors (Lipinski definition) is 2. The Labute approximate surface area is 150 Å². The molecule has 1 atom stereocenters. The standard InChI is InChI=1S/C21H28N2O2/c1-16-12-17(2)21(25-15-18-6-4-3-5-7-18)19(13-16)20(24)14-23-10-8-22-9-11-23/h3-7,12-13,20,22,24H,8-11,14-15H2,1-2H3. The summed E-state index contributed by atoms with van der Waals surface area (Å²) >= 11 is 0. The lowest BCUT2D eigenvalue weighted by Crippen LogP contribution is -2.45. The Morgan fingerprint density at radius 3 is 2.56 bits per heavy atom. The lowest BCUT2D eigenvalue weighted by Gasteiger charge is -2.30. The summed E-state index contributed by atoms with van der Waals surface area (Å²) in [5.41, 5.74) is 4.25. The van der Waals surface area contributed by atoms with Crippen molar-refractivity contribution in [1.29, 1.82) is 0 Å². The minimum Gasteiger partial charge on any atom is -0.488 e. The van der Waals surface area contributed by atoms with Crippen LogP contribution >= 0.6 is 0 Å². The summed E-state index contributed by atoms with van der Waals surface area (Å²) in [5.74, 6) is 0.817. The highest BCUT2D eigenvalue weighted by molar-refractivity contribution is 5.45. The van der Waals surface area contributed by atoms with Crippen LogP contribution in [-0.4, -0.2) is 42.7 Å². The number of piperazine rings is 1. The summed E-state index contributed by atoms with van der Waals surface area (Å²) in [6.45, 7) is 9.19. The van der Waals surface area contributed by atoms with Gasteiger partial charge in [0.15, 0.2) is 0 Å². The second-order valence-electron chi connectivity index (χ2n) is 6.84. The number of benzene rings is 2. The number of aliphatic hydroxyl groups is 1. The van der Waals surface area contributed by atoms with E-state index < -0.39 is 6.10 Å². The van der Waals surface area contributed by atoms with Gasteiger partial charge in [0.1, 0.15) is 12.4 Å². The van der Waals surface area contributed by atoms with Crippen LogP contribution in [0.4, 0.5) is 0 Å². The van der Waals surface area contributed by atoms with Crippen LogP contribution in [0.2, 0.25) is 0 Å². The van der Waals surface area contributed by atoms with Crippen LogP contribution in [0.15, 0.2) is 42.5 Å². The first-order valence-corrected chi connectivity index (χ1v) is 9.02. The Balaban J connectivity index is 1.76. The molecule has 0 aliphatic carbocycles. The summed E-state index contributed by atoms with van der Waals surface area (Å²) in [5, 5.41) is 14.2. The third-order valence-corrected chi connectivity index (χ3v) is 4.67. The number of nitrogens with one attached hydrogen (secondary N) is 1. The van der Waals surface area contributed by atoms with E-state index in [-0.39, 0.29) is 0 Å². The molecule has 25 heavy (non-hydrogen) atoms. The molecule has 1 aliphatic rings. The minimum atomic E-state index is -0.539. The number of aryl methyl sites for hydroxylation is 2. The second kappa shape index (κ2) is 8.48. The minimum absolute atomic E-state index is 0.512. The molecular weight excluding hydrogens is 312 g/mol. The first-order chi connectivity index (χ1) is 12.1. The van der Waals surface area contributed by atoms with Crippen molar-refractivity contribution in [2.24, 2.45) is 0 Å². The molecule has 0 spiro atoms. The fraction of sp³-hybridized carbons (Fsp3) is 0.429. The zero-order valence-corrected chi connectivity index (χ0v) is 15.2. The van der Waals surface area contributed by atoms with Crippen molar-refractivity contribution in [3.05, 3.63) is 64.7 Å². The normalized spacial score (nSPS) is 16.6. The molecule has 1 aliphatic heterocycles. The van der Waals surface area contributed by atoms with Crippen LogP contribution in [0, 0.1) is 13.8 Å². The van der Waals surface area contributed by atoms with Crippen LogP contribution in [0.1, 0.15) is 28.4 Å². The van der Waals surface area contributed by atoms with Gasteiger partial charge < -0.3 is 15.2 Å². The van der Waals surface area contributed by atoms with Crippen LogP contribution in [0.5, 0.6) is 5.75 Å². The monoisotopic (exact) mass is 340 g/mol. The first-order valence-electron chi connectivity index (χ1n) is 9.02. The Bertz CT molecular complexity index is 682. The van der Waals surface area contributed by atoms with Crippen molar-refractivity contribution in [1.82, 2.24) is 10.2 Å². The van der Waals surface area contributed by atoms with E-state index in [1.54, 1.807) is 0 Å². The van der Waals surface area contributed by atoms with Crippen molar-refractivity contribution >= 4 is 0 Å². The highest BCUT2D eigenvalue weighted by Gasteiger charge is 2.20. The molecule has 1 fully saturated rings. The van der Waals surface area contributed by atoms with Gasteiger partial charge in [0.2, 0.25) is 0 Å². The van der Waals surface area contributed by atoms with Gasteiger partial charge in [0, 0.05) is 38.3 Å². The number of aliphatic hydroxyl groups excluding tert-OH is 1. The summed E-state index contributed by atoms with van der Waals surface area (Å²) < 4.78 is 6.13. The highest BCUT2D eigenvalue weighted by Crippen LogP contribution is 2.31. The zero-order valence-electron chi connectivity index (χ0n) is 15.2. The Hall–Kier alpha value is -1.88. The molecule has 0 bridgehead atoms. The topological polar surface area (TPSA) is 44.7 Å². The molecule has 0 saturated carbocycles. The maximum atomic E-state index is 10.9. The molecule has 1 heterocycles. The molecule has 2 aromatic rings. The van der Waals surface area contributed by atoms with Crippen LogP contribution in [0.25, 0.3) is 0 Å². The molecule has 1 saturated heterocycles. The molecule has 134 valence electrons. The number of nitrogens with zero attached hydrogens (tertiary/aromatic N) is 1. The molecule has 4 nitrogen and oxygen atoms in total. The van der Waals surface area contributed by atoms with Crippen LogP contribution in [0.3, 0.4) is 0 Å². The van der Waals surface area contributed by atoms with Gasteiger partial charge >= 0.3 is 0 Å². The largest absolute Gasteiger partial charge is 0.488 e. The maximum absolute atomic E-state index is 10.9. The third-order valence-electron chi connectivity index (χ3n) is 4.67. The Kier molecular flexibility index (Phi) is 6.08. The molecule has 0 amide bonds. The van der Waals surface area contributed by atoms with Gasteiger partial charge in [-0.25, -0.2) is 0 Å². The van der Waals surface area contributed by atoms with Gasteiger partial charge in [-0.2, -0.15) is 0 Å². The number of ether oxygens (including phenoxy) is 1. The van der Waals surface area contributed by atoms with Crippen molar-refractivity contribution < 1.29 is 9.84 Å². The van der Waals surface area contributed by atoms with Crippen LogP contribution in [-0.2, 0) is 6.61 Å². The maximum Gasteiger partial charge on any atom is 0.128 e. The van der Waals surface area contributed by atoms with E-state index in [1.165, 1.54) is 0 Å². The van der Waals surface area contributed by atoms with E-state index in [9.17, 15) is 5.11 Å². The van der Waals surface area contributed by atoms with Gasteiger partial charge in [0.25, 0.3) is 0 Å². The fourth-order valence-electron chi connectivity index (χ4n) is 3.40.